The predicted molar refractivity (Wildman–Crippen MR) is 76.2 cm³/mol. The fourth-order valence-electron chi connectivity index (χ4n) is 1.57. The zero-order chi connectivity index (χ0) is 15.2. The van der Waals surface area contributed by atoms with Gasteiger partial charge in [-0.15, -0.1) is 0 Å². The van der Waals surface area contributed by atoms with E-state index in [4.69, 9.17) is 5.73 Å². The van der Waals surface area contributed by atoms with E-state index in [2.05, 4.69) is 15.3 Å². The molecule has 1 aromatic carbocycles. The van der Waals surface area contributed by atoms with Crippen LogP contribution in [0.5, 0.6) is 0 Å². The first kappa shape index (κ1) is 14.4. The normalized spacial score (nSPS) is 11.2. The van der Waals surface area contributed by atoms with Crippen LogP contribution in [0.15, 0.2) is 47.6 Å². The maximum absolute atomic E-state index is 12.7. The van der Waals surface area contributed by atoms with Crippen molar-refractivity contribution in [1.82, 2.24) is 4.98 Å². The number of rotatable bonds is 4. The Balaban J connectivity index is 2.07. The van der Waals surface area contributed by atoms with Crippen LogP contribution in [0.3, 0.4) is 0 Å². The quantitative estimate of drug-likeness (QED) is 0.388. The van der Waals surface area contributed by atoms with Crippen molar-refractivity contribution >= 4 is 17.5 Å². The number of nitrogens with one attached hydrogen (secondary N) is 1. The first-order valence-corrected chi connectivity index (χ1v) is 5.97. The van der Waals surface area contributed by atoms with E-state index in [9.17, 15) is 14.5 Å². The second-order valence-corrected chi connectivity index (χ2v) is 4.08. The van der Waals surface area contributed by atoms with Gasteiger partial charge in [-0.25, -0.2) is 14.4 Å². The number of nitro groups is 1. The lowest BCUT2D eigenvalue weighted by atomic mass is 10.2. The highest BCUT2D eigenvalue weighted by Gasteiger charge is 2.14. The van der Waals surface area contributed by atoms with Crippen molar-refractivity contribution < 1.29 is 9.31 Å². The largest absolute Gasteiger partial charge is 0.370 e. The fourth-order valence-corrected chi connectivity index (χ4v) is 1.57. The Kier molecular flexibility index (Phi) is 4.39. The van der Waals surface area contributed by atoms with Crippen LogP contribution in [0.2, 0.25) is 0 Å². The third-order valence-corrected chi connectivity index (χ3v) is 2.57. The number of aliphatic imine (C=N–C) groups is 1. The third kappa shape index (κ3) is 3.96. The molecule has 0 amide bonds. The van der Waals surface area contributed by atoms with Crippen LogP contribution >= 0.6 is 0 Å². The zero-order valence-corrected chi connectivity index (χ0v) is 10.9. The molecule has 0 spiro atoms. The number of aromatic nitrogens is 1. The fraction of sp³-hybridized carbons (Fsp3) is 0.0769. The van der Waals surface area contributed by atoms with Gasteiger partial charge in [-0.05, 0) is 23.8 Å². The summed E-state index contributed by atoms with van der Waals surface area (Å²) in [5.41, 5.74) is 6.22. The number of pyridine rings is 1. The molecule has 0 saturated carbocycles. The summed E-state index contributed by atoms with van der Waals surface area (Å²) in [6, 6.07) is 8.55. The molecule has 0 fully saturated rings. The lowest BCUT2D eigenvalue weighted by Crippen LogP contribution is -2.23. The minimum atomic E-state index is -0.567. The van der Waals surface area contributed by atoms with Gasteiger partial charge in [-0.2, -0.15) is 0 Å². The lowest BCUT2D eigenvalue weighted by molar-refractivity contribution is -0.384. The number of benzene rings is 1. The van der Waals surface area contributed by atoms with Gasteiger partial charge < -0.3 is 11.1 Å². The van der Waals surface area contributed by atoms with Crippen molar-refractivity contribution in [1.29, 1.82) is 0 Å². The molecule has 0 saturated heterocycles. The number of anilines is 1. The lowest BCUT2D eigenvalue weighted by Gasteiger charge is -2.05. The molecule has 0 unspecified atom stereocenters. The molecule has 3 N–H and O–H groups in total. The van der Waals surface area contributed by atoms with Gasteiger partial charge in [-0.1, -0.05) is 12.1 Å². The highest BCUT2D eigenvalue weighted by molar-refractivity contribution is 5.93. The van der Waals surface area contributed by atoms with Crippen LogP contribution in [0, 0.1) is 15.9 Å². The summed E-state index contributed by atoms with van der Waals surface area (Å²) >= 11 is 0. The molecule has 2 rings (SSSR count). The molecule has 8 heteroatoms. The van der Waals surface area contributed by atoms with E-state index in [-0.39, 0.29) is 29.8 Å². The van der Waals surface area contributed by atoms with Crippen LogP contribution < -0.4 is 11.1 Å². The van der Waals surface area contributed by atoms with Crippen molar-refractivity contribution in [2.24, 2.45) is 10.7 Å². The van der Waals surface area contributed by atoms with Crippen molar-refractivity contribution in [2.75, 3.05) is 5.32 Å². The van der Waals surface area contributed by atoms with Crippen molar-refractivity contribution in [3.8, 4) is 0 Å². The first-order valence-electron chi connectivity index (χ1n) is 5.97. The zero-order valence-electron chi connectivity index (χ0n) is 10.9. The Bertz CT molecular complexity index is 673. The van der Waals surface area contributed by atoms with Crippen molar-refractivity contribution in [2.45, 2.75) is 6.54 Å². The van der Waals surface area contributed by atoms with Gasteiger partial charge in [0.05, 0.1) is 11.5 Å². The van der Waals surface area contributed by atoms with Crippen LogP contribution in [-0.2, 0) is 6.54 Å². The average molecular weight is 289 g/mol. The monoisotopic (exact) mass is 289 g/mol. The van der Waals surface area contributed by atoms with E-state index in [0.717, 1.165) is 5.56 Å². The van der Waals surface area contributed by atoms with Crippen molar-refractivity contribution in [3.05, 3.63) is 64.1 Å². The molecule has 0 radical (unpaired) electrons. The second kappa shape index (κ2) is 6.42. The highest BCUT2D eigenvalue weighted by Crippen LogP contribution is 2.19. The molecule has 108 valence electrons. The Morgan fingerprint density at radius 2 is 2.10 bits per heavy atom. The van der Waals surface area contributed by atoms with Gasteiger partial charge in [0.25, 0.3) is 0 Å². The maximum Gasteiger partial charge on any atom is 0.311 e. The molecule has 0 aliphatic heterocycles. The van der Waals surface area contributed by atoms with Crippen molar-refractivity contribution in [3.63, 3.8) is 0 Å². The summed E-state index contributed by atoms with van der Waals surface area (Å²) in [7, 11) is 0. The van der Waals surface area contributed by atoms with Gasteiger partial charge >= 0.3 is 5.69 Å². The molecular formula is C13H12FN5O2. The summed E-state index contributed by atoms with van der Waals surface area (Å²) < 4.78 is 12.7. The van der Waals surface area contributed by atoms with E-state index in [0.29, 0.717) is 0 Å². The summed E-state index contributed by atoms with van der Waals surface area (Å²) in [5, 5.41) is 13.4. The van der Waals surface area contributed by atoms with E-state index in [1.807, 2.05) is 0 Å². The molecule has 2 aromatic rings. The molecule has 1 heterocycles. The van der Waals surface area contributed by atoms with Gasteiger partial charge in [0.2, 0.25) is 5.82 Å². The van der Waals surface area contributed by atoms with E-state index < -0.39 is 4.92 Å². The summed E-state index contributed by atoms with van der Waals surface area (Å²) in [6.45, 7) is 0.222. The van der Waals surface area contributed by atoms with Crippen LogP contribution in [-0.4, -0.2) is 15.9 Å². The molecule has 0 bridgehead atoms. The Morgan fingerprint density at radius 3 is 2.76 bits per heavy atom. The van der Waals surface area contributed by atoms with Gasteiger partial charge in [0.15, 0.2) is 5.96 Å². The van der Waals surface area contributed by atoms with Crippen LogP contribution in [0.4, 0.5) is 15.9 Å². The summed E-state index contributed by atoms with van der Waals surface area (Å²) in [4.78, 5) is 18.1. The molecule has 0 aliphatic rings. The van der Waals surface area contributed by atoms with Crippen LogP contribution in [0.25, 0.3) is 0 Å². The average Bonchev–Trinajstić information content (AvgIpc) is 2.47. The smallest absolute Gasteiger partial charge is 0.311 e. The van der Waals surface area contributed by atoms with Gasteiger partial charge in [0, 0.05) is 12.3 Å². The number of halogens is 1. The summed E-state index contributed by atoms with van der Waals surface area (Å²) in [6.07, 6.45) is 1.41. The molecule has 0 atom stereocenters. The van der Waals surface area contributed by atoms with E-state index >= 15 is 0 Å². The molecule has 1 aromatic heterocycles. The molecule has 0 aliphatic carbocycles. The second-order valence-electron chi connectivity index (χ2n) is 4.08. The molecule has 21 heavy (non-hydrogen) atoms. The number of hydrogen-bond acceptors (Lipinski definition) is 4. The van der Waals surface area contributed by atoms with Gasteiger partial charge in [0.1, 0.15) is 5.82 Å². The highest BCUT2D eigenvalue weighted by atomic mass is 19.1. The number of guanidine groups is 1. The minimum Gasteiger partial charge on any atom is -0.370 e. The number of hydrogen-bond donors (Lipinski definition) is 2. The Labute approximate surface area is 119 Å². The molecular weight excluding hydrogens is 277 g/mol. The standard InChI is InChI=1S/C13H12FN5O2/c14-10-5-3-9(4-6-10)8-17-13(15)18-12-11(19(20)21)2-1-7-16-12/h1-7H,8H2,(H3,15,16,17,18). The Hall–Kier alpha value is -3.03. The van der Waals surface area contributed by atoms with Crippen LogP contribution in [0.1, 0.15) is 5.56 Å². The minimum absolute atomic E-state index is 0.0128. The Morgan fingerprint density at radius 1 is 1.38 bits per heavy atom. The first-order chi connectivity index (χ1) is 10.1. The van der Waals surface area contributed by atoms with E-state index in [1.165, 1.54) is 30.5 Å². The third-order valence-electron chi connectivity index (χ3n) is 2.57. The SMILES string of the molecule is NC(=NCc1ccc(F)cc1)Nc1ncccc1[N+](=O)[O-]. The van der Waals surface area contributed by atoms with Gasteiger partial charge in [-0.3, -0.25) is 10.1 Å². The predicted octanol–water partition coefficient (Wildman–Crippen LogP) is 2.06. The molecule has 7 nitrogen and oxygen atoms in total. The topological polar surface area (TPSA) is 106 Å². The maximum atomic E-state index is 12.7. The summed E-state index contributed by atoms with van der Waals surface area (Å²) in [5.74, 6) is -0.332. The number of nitrogens with zero attached hydrogens (tertiary/aromatic N) is 3. The van der Waals surface area contributed by atoms with E-state index in [1.54, 1.807) is 12.1 Å². The number of nitrogens with two attached hydrogens (primary N) is 1.